The molecule has 1 aromatic carbocycles. The number of halogens is 1. The minimum Gasteiger partial charge on any atom is -0.392 e. The largest absolute Gasteiger partial charge is 0.392 e. The van der Waals surface area contributed by atoms with Gasteiger partial charge in [0.2, 0.25) is 0 Å². The molecule has 1 rings (SSSR count). The maximum atomic E-state index is 14.1. The van der Waals surface area contributed by atoms with Gasteiger partial charge in [0.15, 0.2) is 0 Å². The number of nitrogens with zero attached hydrogens (tertiary/aromatic N) is 1. The molecule has 3 nitrogen and oxygen atoms in total. The first-order valence-electron chi connectivity index (χ1n) is 6.88. The van der Waals surface area contributed by atoms with Gasteiger partial charge < -0.3 is 15.3 Å². The number of hydrogen-bond acceptors (Lipinski definition) is 3. The average molecular weight is 268 g/mol. The molecule has 0 bridgehead atoms. The molecule has 0 saturated carbocycles. The van der Waals surface area contributed by atoms with Gasteiger partial charge in [0.25, 0.3) is 0 Å². The molecule has 0 amide bonds. The van der Waals surface area contributed by atoms with Gasteiger partial charge in [-0.2, -0.15) is 0 Å². The van der Waals surface area contributed by atoms with Crippen molar-refractivity contribution in [3.05, 3.63) is 29.6 Å². The van der Waals surface area contributed by atoms with E-state index in [4.69, 9.17) is 0 Å². The van der Waals surface area contributed by atoms with E-state index in [9.17, 15) is 9.50 Å². The van der Waals surface area contributed by atoms with Crippen molar-refractivity contribution in [2.45, 2.75) is 39.3 Å². The van der Waals surface area contributed by atoms with Crippen molar-refractivity contribution in [1.29, 1.82) is 0 Å². The first kappa shape index (κ1) is 15.9. The van der Waals surface area contributed by atoms with Gasteiger partial charge in [-0.25, -0.2) is 4.39 Å². The Morgan fingerprint density at radius 2 is 2.05 bits per heavy atom. The van der Waals surface area contributed by atoms with Gasteiger partial charge in [-0.3, -0.25) is 0 Å². The number of nitrogens with one attached hydrogen (secondary N) is 1. The normalized spacial score (nSPS) is 14.2. The Bertz CT molecular complexity index is 396. The summed E-state index contributed by atoms with van der Waals surface area (Å²) in [5.41, 5.74) is 1.50. The van der Waals surface area contributed by atoms with Crippen molar-refractivity contribution in [3.8, 4) is 0 Å². The van der Waals surface area contributed by atoms with Crippen LogP contribution in [0.25, 0.3) is 0 Å². The highest BCUT2D eigenvalue weighted by Gasteiger charge is 2.17. The molecule has 0 aliphatic carbocycles. The molecule has 108 valence electrons. The molecule has 0 saturated heterocycles. The molecule has 0 aliphatic rings. The quantitative estimate of drug-likeness (QED) is 0.798. The monoisotopic (exact) mass is 268 g/mol. The SMILES string of the molecule is CCCNC(C)c1cccc(F)c1N(C)CC(C)O. The van der Waals surface area contributed by atoms with E-state index in [2.05, 4.69) is 12.2 Å². The Hall–Kier alpha value is -1.13. The van der Waals surface area contributed by atoms with Gasteiger partial charge in [0, 0.05) is 19.6 Å². The van der Waals surface area contributed by atoms with Gasteiger partial charge in [-0.1, -0.05) is 19.1 Å². The summed E-state index contributed by atoms with van der Waals surface area (Å²) in [6.07, 6.45) is 0.551. The second kappa shape index (κ2) is 7.46. The Morgan fingerprint density at radius 1 is 1.37 bits per heavy atom. The van der Waals surface area contributed by atoms with E-state index in [0.717, 1.165) is 18.5 Å². The van der Waals surface area contributed by atoms with E-state index < -0.39 is 6.10 Å². The highest BCUT2D eigenvalue weighted by atomic mass is 19.1. The van der Waals surface area contributed by atoms with Crippen LogP contribution in [-0.4, -0.2) is 31.3 Å². The van der Waals surface area contributed by atoms with Gasteiger partial charge >= 0.3 is 0 Å². The highest BCUT2D eigenvalue weighted by Crippen LogP contribution is 2.28. The van der Waals surface area contributed by atoms with E-state index in [-0.39, 0.29) is 11.9 Å². The van der Waals surface area contributed by atoms with Crippen LogP contribution >= 0.6 is 0 Å². The van der Waals surface area contributed by atoms with E-state index >= 15 is 0 Å². The average Bonchev–Trinajstić information content (AvgIpc) is 2.34. The summed E-state index contributed by atoms with van der Waals surface area (Å²) >= 11 is 0. The molecule has 0 fully saturated rings. The van der Waals surface area contributed by atoms with Crippen molar-refractivity contribution < 1.29 is 9.50 Å². The standard InChI is InChI=1S/C15H25FN2O/c1-5-9-17-12(3)13-7-6-8-14(16)15(13)18(4)10-11(2)19/h6-8,11-12,17,19H,5,9-10H2,1-4H3. The lowest BCUT2D eigenvalue weighted by Crippen LogP contribution is -2.30. The van der Waals surface area contributed by atoms with Crippen molar-refractivity contribution >= 4 is 5.69 Å². The minimum absolute atomic E-state index is 0.0853. The molecule has 4 heteroatoms. The molecule has 19 heavy (non-hydrogen) atoms. The van der Waals surface area contributed by atoms with Crippen LogP contribution in [0.3, 0.4) is 0 Å². The number of rotatable bonds is 7. The lowest BCUT2D eigenvalue weighted by atomic mass is 10.0. The number of anilines is 1. The fourth-order valence-corrected chi connectivity index (χ4v) is 2.24. The topological polar surface area (TPSA) is 35.5 Å². The molecule has 0 spiro atoms. The predicted octanol–water partition coefficient (Wildman–Crippen LogP) is 2.70. The summed E-state index contributed by atoms with van der Waals surface area (Å²) in [7, 11) is 1.81. The second-order valence-electron chi connectivity index (χ2n) is 5.08. The summed E-state index contributed by atoms with van der Waals surface area (Å²) < 4.78 is 14.1. The summed E-state index contributed by atoms with van der Waals surface area (Å²) in [4.78, 5) is 1.78. The number of benzene rings is 1. The maximum absolute atomic E-state index is 14.1. The van der Waals surface area contributed by atoms with Crippen molar-refractivity contribution in [2.24, 2.45) is 0 Å². The van der Waals surface area contributed by atoms with Crippen molar-refractivity contribution in [3.63, 3.8) is 0 Å². The summed E-state index contributed by atoms with van der Waals surface area (Å²) in [5, 5.41) is 12.8. The van der Waals surface area contributed by atoms with Crippen LogP contribution in [0.15, 0.2) is 18.2 Å². The van der Waals surface area contributed by atoms with Gasteiger partial charge in [0.05, 0.1) is 11.8 Å². The fraction of sp³-hybridized carbons (Fsp3) is 0.600. The van der Waals surface area contributed by atoms with E-state index in [0.29, 0.717) is 12.2 Å². The van der Waals surface area contributed by atoms with Gasteiger partial charge in [0.1, 0.15) is 5.82 Å². The first-order chi connectivity index (χ1) is 8.97. The molecule has 0 aliphatic heterocycles. The van der Waals surface area contributed by atoms with Crippen LogP contribution in [0.5, 0.6) is 0 Å². The summed E-state index contributed by atoms with van der Waals surface area (Å²) in [5.74, 6) is -0.245. The third-order valence-electron chi connectivity index (χ3n) is 3.10. The molecular weight excluding hydrogens is 243 g/mol. The molecule has 1 aromatic rings. The Morgan fingerprint density at radius 3 is 2.63 bits per heavy atom. The molecule has 0 aromatic heterocycles. The molecule has 2 unspecified atom stereocenters. The zero-order valence-corrected chi connectivity index (χ0v) is 12.3. The zero-order valence-electron chi connectivity index (χ0n) is 12.3. The number of likely N-dealkylation sites (N-methyl/N-ethyl adjacent to an activating group) is 1. The molecule has 0 heterocycles. The number of para-hydroxylation sites is 1. The minimum atomic E-state index is -0.489. The van der Waals surface area contributed by atoms with Crippen molar-refractivity contribution in [2.75, 3.05) is 25.0 Å². The van der Waals surface area contributed by atoms with Crippen LogP contribution in [0.4, 0.5) is 10.1 Å². The summed E-state index contributed by atoms with van der Waals surface area (Å²) in [6.45, 7) is 7.15. The lowest BCUT2D eigenvalue weighted by molar-refractivity contribution is 0.201. The molecule has 2 N–H and O–H groups in total. The zero-order chi connectivity index (χ0) is 14.4. The third-order valence-corrected chi connectivity index (χ3v) is 3.10. The van der Waals surface area contributed by atoms with Crippen LogP contribution in [-0.2, 0) is 0 Å². The van der Waals surface area contributed by atoms with E-state index in [1.807, 2.05) is 13.0 Å². The van der Waals surface area contributed by atoms with Crippen LogP contribution < -0.4 is 10.2 Å². The predicted molar refractivity (Wildman–Crippen MR) is 78.1 cm³/mol. The van der Waals surface area contributed by atoms with Crippen LogP contribution in [0.1, 0.15) is 38.8 Å². The Balaban J connectivity index is 3.00. The maximum Gasteiger partial charge on any atom is 0.146 e. The number of hydrogen-bond donors (Lipinski definition) is 2. The Labute approximate surface area is 115 Å². The molecule has 0 radical (unpaired) electrons. The fourth-order valence-electron chi connectivity index (χ4n) is 2.24. The number of aliphatic hydroxyl groups is 1. The summed E-state index contributed by atoms with van der Waals surface area (Å²) in [6, 6.07) is 5.21. The second-order valence-corrected chi connectivity index (χ2v) is 5.08. The van der Waals surface area contributed by atoms with Crippen molar-refractivity contribution in [1.82, 2.24) is 5.32 Å². The molecule has 2 atom stereocenters. The Kier molecular flexibility index (Phi) is 6.25. The third kappa shape index (κ3) is 4.48. The highest BCUT2D eigenvalue weighted by molar-refractivity contribution is 5.55. The van der Waals surface area contributed by atoms with Crippen LogP contribution in [0.2, 0.25) is 0 Å². The van der Waals surface area contributed by atoms with Gasteiger partial charge in [-0.05, 0) is 38.4 Å². The van der Waals surface area contributed by atoms with Gasteiger partial charge in [-0.15, -0.1) is 0 Å². The number of aliphatic hydroxyl groups excluding tert-OH is 1. The van der Waals surface area contributed by atoms with E-state index in [1.54, 1.807) is 24.9 Å². The smallest absolute Gasteiger partial charge is 0.146 e. The lowest BCUT2D eigenvalue weighted by Gasteiger charge is -2.27. The molecular formula is C15H25FN2O. The van der Waals surface area contributed by atoms with Crippen LogP contribution in [0, 0.1) is 5.82 Å². The van der Waals surface area contributed by atoms with E-state index in [1.165, 1.54) is 6.07 Å². The first-order valence-corrected chi connectivity index (χ1v) is 6.88.